The number of halogens is 2. The van der Waals surface area contributed by atoms with Gasteiger partial charge in [-0.2, -0.15) is 9.97 Å². The number of pyridine rings is 1. The normalized spacial score (nSPS) is 23.9. The van der Waals surface area contributed by atoms with E-state index in [1.807, 2.05) is 36.4 Å². The number of likely N-dealkylation sites (tertiary alicyclic amines) is 1. The molecule has 0 saturated carbocycles. The lowest BCUT2D eigenvalue weighted by atomic mass is 10.0. The minimum Gasteiger partial charge on any atom is -0.459 e. The topological polar surface area (TPSA) is 66.4 Å². The van der Waals surface area contributed by atoms with Crippen LogP contribution >= 0.6 is 11.6 Å². The first kappa shape index (κ1) is 23.1. The minimum absolute atomic E-state index is 0.0178. The van der Waals surface area contributed by atoms with Crippen LogP contribution in [0.1, 0.15) is 19.3 Å². The molecule has 2 bridgehead atoms. The molecule has 1 N–H and O–H groups in total. The number of benzene rings is 2. The molecular weight excluding hydrogens is 491 g/mol. The number of aromatic nitrogens is 3. The van der Waals surface area contributed by atoms with Gasteiger partial charge in [-0.3, -0.25) is 4.98 Å². The second-order valence-electron chi connectivity index (χ2n) is 10.5. The highest BCUT2D eigenvalue weighted by Gasteiger charge is 2.34. The van der Waals surface area contributed by atoms with Crippen LogP contribution in [0, 0.1) is 5.82 Å². The first-order valence-electron chi connectivity index (χ1n) is 12.9. The molecule has 3 aliphatic rings. The van der Waals surface area contributed by atoms with Gasteiger partial charge in [0.1, 0.15) is 23.1 Å². The largest absolute Gasteiger partial charge is 0.459 e. The fraction of sp³-hybridized carbons (Fsp3) is 0.393. The summed E-state index contributed by atoms with van der Waals surface area (Å²) in [5, 5.41) is 6.52. The molecule has 2 unspecified atom stereocenters. The Morgan fingerprint density at radius 2 is 1.81 bits per heavy atom. The van der Waals surface area contributed by atoms with E-state index >= 15 is 4.39 Å². The van der Waals surface area contributed by atoms with E-state index in [2.05, 4.69) is 32.1 Å². The van der Waals surface area contributed by atoms with Gasteiger partial charge in [0, 0.05) is 60.4 Å². The van der Waals surface area contributed by atoms with Crippen LogP contribution in [0.2, 0.25) is 5.02 Å². The molecule has 2 aromatic carbocycles. The molecule has 3 atom stereocenters. The highest BCUT2D eigenvalue weighted by Crippen LogP contribution is 2.38. The maximum Gasteiger partial charge on any atom is 0.319 e. The zero-order valence-electron chi connectivity index (χ0n) is 20.6. The van der Waals surface area contributed by atoms with E-state index in [-0.39, 0.29) is 23.3 Å². The quantitative estimate of drug-likeness (QED) is 0.421. The lowest BCUT2D eigenvalue weighted by Crippen LogP contribution is -2.51. The highest BCUT2D eigenvalue weighted by atomic mass is 35.5. The Bertz CT molecular complexity index is 1500. The van der Waals surface area contributed by atoms with Crippen molar-refractivity contribution in [3.63, 3.8) is 0 Å². The van der Waals surface area contributed by atoms with Crippen molar-refractivity contribution in [3.8, 4) is 17.3 Å². The molecule has 0 aliphatic carbocycles. The van der Waals surface area contributed by atoms with Gasteiger partial charge in [-0.15, -0.1) is 0 Å². The number of hydrogen-bond donors (Lipinski definition) is 1. The summed E-state index contributed by atoms with van der Waals surface area (Å²) in [5.41, 5.74) is 1.09. The summed E-state index contributed by atoms with van der Waals surface area (Å²) in [6.07, 6.45) is 4.86. The smallest absolute Gasteiger partial charge is 0.319 e. The number of rotatable bonds is 4. The predicted molar refractivity (Wildman–Crippen MR) is 144 cm³/mol. The number of nitrogens with zero attached hydrogens (tertiary/aromatic N) is 5. The molecule has 9 heteroatoms. The number of ether oxygens (including phenoxy) is 1. The van der Waals surface area contributed by atoms with Gasteiger partial charge < -0.3 is 19.9 Å². The molecule has 7 nitrogen and oxygen atoms in total. The Hall–Kier alpha value is -3.07. The van der Waals surface area contributed by atoms with E-state index < -0.39 is 5.82 Å². The predicted octanol–water partition coefficient (Wildman–Crippen LogP) is 4.66. The molecule has 3 aliphatic heterocycles. The van der Waals surface area contributed by atoms with Crippen LogP contribution in [0.15, 0.2) is 42.6 Å². The van der Waals surface area contributed by atoms with Gasteiger partial charge in [-0.1, -0.05) is 41.9 Å². The Labute approximate surface area is 219 Å². The van der Waals surface area contributed by atoms with Gasteiger partial charge in [0.15, 0.2) is 5.82 Å². The molecule has 0 radical (unpaired) electrons. The van der Waals surface area contributed by atoms with Crippen molar-refractivity contribution in [2.75, 3.05) is 38.1 Å². The molecule has 190 valence electrons. The summed E-state index contributed by atoms with van der Waals surface area (Å²) in [4.78, 5) is 18.5. The van der Waals surface area contributed by atoms with Crippen LogP contribution in [0.5, 0.6) is 6.01 Å². The summed E-state index contributed by atoms with van der Waals surface area (Å²) < 4.78 is 22.6. The van der Waals surface area contributed by atoms with Gasteiger partial charge in [0.2, 0.25) is 0 Å². The van der Waals surface area contributed by atoms with Gasteiger partial charge in [0.05, 0.1) is 5.39 Å². The van der Waals surface area contributed by atoms with E-state index in [1.54, 1.807) is 6.20 Å². The average Bonchev–Trinajstić information content (AvgIpc) is 3.47. The van der Waals surface area contributed by atoms with Crippen LogP contribution in [-0.4, -0.2) is 71.3 Å². The fourth-order valence-electron chi connectivity index (χ4n) is 6.11. The van der Waals surface area contributed by atoms with E-state index in [0.29, 0.717) is 33.9 Å². The fourth-order valence-corrected chi connectivity index (χ4v) is 6.39. The Balaban J connectivity index is 1.39. The van der Waals surface area contributed by atoms with Crippen molar-refractivity contribution < 1.29 is 9.13 Å². The molecule has 2 aromatic heterocycles. The van der Waals surface area contributed by atoms with E-state index in [4.69, 9.17) is 21.3 Å². The van der Waals surface area contributed by atoms with Gasteiger partial charge in [0.25, 0.3) is 0 Å². The van der Waals surface area contributed by atoms with Crippen molar-refractivity contribution >= 4 is 39.1 Å². The van der Waals surface area contributed by atoms with Gasteiger partial charge in [-0.05, 0) is 37.8 Å². The zero-order valence-corrected chi connectivity index (χ0v) is 21.4. The van der Waals surface area contributed by atoms with Crippen molar-refractivity contribution in [2.45, 2.75) is 37.5 Å². The van der Waals surface area contributed by atoms with Crippen LogP contribution in [0.3, 0.4) is 0 Å². The number of nitrogens with one attached hydrogen (secondary N) is 1. The lowest BCUT2D eigenvalue weighted by Gasteiger charge is -2.34. The highest BCUT2D eigenvalue weighted by molar-refractivity contribution is 6.36. The maximum atomic E-state index is 16.4. The Kier molecular flexibility index (Phi) is 5.64. The van der Waals surface area contributed by atoms with Gasteiger partial charge in [-0.25, -0.2) is 4.39 Å². The summed E-state index contributed by atoms with van der Waals surface area (Å²) in [5.74, 6) is 0.207. The van der Waals surface area contributed by atoms with Crippen LogP contribution in [-0.2, 0) is 0 Å². The molecule has 37 heavy (non-hydrogen) atoms. The third-order valence-corrected chi connectivity index (χ3v) is 8.20. The molecular formula is C28H28ClFN6O. The zero-order chi connectivity index (χ0) is 25.1. The molecule has 5 heterocycles. The Morgan fingerprint density at radius 3 is 2.57 bits per heavy atom. The Morgan fingerprint density at radius 1 is 1.03 bits per heavy atom. The number of anilines is 1. The van der Waals surface area contributed by atoms with Crippen molar-refractivity contribution in [1.82, 2.24) is 25.2 Å². The molecule has 3 saturated heterocycles. The van der Waals surface area contributed by atoms with Crippen LogP contribution in [0.25, 0.3) is 32.9 Å². The number of fused-ring (bicyclic) bond motifs is 4. The lowest BCUT2D eigenvalue weighted by molar-refractivity contribution is 0.192. The second kappa shape index (κ2) is 9.04. The third kappa shape index (κ3) is 4.07. The summed E-state index contributed by atoms with van der Waals surface area (Å²) in [6, 6.07) is 12.4. The standard InChI is InChI=1S/C28H28ClFN6O/c1-35-11-10-19(15-35)37-28-33-26-21(27(34-28)36-13-17-8-9-18(14-36)32-17)12-31-25(24(26)30)20-6-2-4-16-5-3-7-22(29)23(16)20/h2-7,12,17-19,32H,8-11,13-15H2,1H3/t17?,18?,19-/m0/s1. The number of hydrogen-bond acceptors (Lipinski definition) is 7. The van der Waals surface area contributed by atoms with Crippen LogP contribution in [0.4, 0.5) is 10.2 Å². The maximum absolute atomic E-state index is 16.4. The van der Waals surface area contributed by atoms with E-state index in [1.165, 1.54) is 0 Å². The van der Waals surface area contributed by atoms with Crippen LogP contribution < -0.4 is 15.0 Å². The minimum atomic E-state index is -0.486. The molecule has 0 amide bonds. The monoisotopic (exact) mass is 518 g/mol. The van der Waals surface area contributed by atoms with Crippen molar-refractivity contribution in [1.29, 1.82) is 0 Å². The number of likely N-dealkylation sites (N-methyl/N-ethyl adjacent to an activating group) is 1. The number of piperazine rings is 1. The van der Waals surface area contributed by atoms with Crippen molar-refractivity contribution in [3.05, 3.63) is 53.4 Å². The third-order valence-electron chi connectivity index (χ3n) is 7.89. The first-order chi connectivity index (χ1) is 18.0. The van der Waals surface area contributed by atoms with Gasteiger partial charge >= 0.3 is 6.01 Å². The summed E-state index contributed by atoms with van der Waals surface area (Å²) in [7, 11) is 2.07. The molecule has 4 aromatic rings. The summed E-state index contributed by atoms with van der Waals surface area (Å²) in [6.45, 7) is 3.39. The van der Waals surface area contributed by atoms with E-state index in [0.717, 1.165) is 56.2 Å². The molecule has 0 spiro atoms. The van der Waals surface area contributed by atoms with Crippen molar-refractivity contribution in [2.24, 2.45) is 0 Å². The molecule has 3 fully saturated rings. The SMILES string of the molecule is CN1CC[C@H](Oc2nc(N3CC4CCC(C3)N4)c3cnc(-c4cccc5cccc(Cl)c45)c(F)c3n2)C1. The molecule has 7 rings (SSSR count). The van der Waals surface area contributed by atoms with E-state index in [9.17, 15) is 0 Å². The second-order valence-corrected chi connectivity index (χ2v) is 10.9. The first-order valence-corrected chi connectivity index (χ1v) is 13.3. The summed E-state index contributed by atoms with van der Waals surface area (Å²) >= 11 is 6.56. The average molecular weight is 519 g/mol.